The van der Waals surface area contributed by atoms with E-state index in [4.69, 9.17) is 0 Å². The van der Waals surface area contributed by atoms with Gasteiger partial charge in [-0.2, -0.15) is 0 Å². The van der Waals surface area contributed by atoms with E-state index in [9.17, 15) is 4.79 Å². The van der Waals surface area contributed by atoms with Crippen LogP contribution in [0.15, 0.2) is 11.8 Å². The lowest BCUT2D eigenvalue weighted by molar-refractivity contribution is -0.136. The van der Waals surface area contributed by atoms with Crippen LogP contribution in [0.5, 0.6) is 0 Å². The standard InChI is InChI=1S/C8H16N2O2/c1-5-7(8(11)12-4)10-6(2)9-3/h5-6,9-10H,1-4H3/b7-5-. The minimum atomic E-state index is -0.348. The highest BCUT2D eigenvalue weighted by Gasteiger charge is 2.09. The van der Waals surface area contributed by atoms with Crippen molar-refractivity contribution in [3.05, 3.63) is 11.8 Å². The van der Waals surface area contributed by atoms with Gasteiger partial charge >= 0.3 is 5.97 Å². The van der Waals surface area contributed by atoms with E-state index >= 15 is 0 Å². The zero-order chi connectivity index (χ0) is 9.56. The van der Waals surface area contributed by atoms with Gasteiger partial charge in [-0.3, -0.25) is 0 Å². The normalized spacial score (nSPS) is 13.8. The molecule has 0 amide bonds. The molecule has 0 aliphatic rings. The van der Waals surface area contributed by atoms with E-state index in [1.165, 1.54) is 7.11 Å². The Morgan fingerprint density at radius 3 is 2.50 bits per heavy atom. The molecule has 0 heterocycles. The number of carbonyl (C=O) groups excluding carboxylic acids is 1. The second-order valence-corrected chi connectivity index (χ2v) is 2.35. The van der Waals surface area contributed by atoms with Crippen LogP contribution in [-0.2, 0) is 9.53 Å². The lowest BCUT2D eigenvalue weighted by atomic mass is 10.4. The summed E-state index contributed by atoms with van der Waals surface area (Å²) in [7, 11) is 3.17. The van der Waals surface area contributed by atoms with Crippen molar-refractivity contribution in [1.82, 2.24) is 10.6 Å². The van der Waals surface area contributed by atoms with Crippen molar-refractivity contribution < 1.29 is 9.53 Å². The van der Waals surface area contributed by atoms with Crippen LogP contribution in [0.25, 0.3) is 0 Å². The van der Waals surface area contributed by atoms with E-state index in [1.807, 2.05) is 14.0 Å². The summed E-state index contributed by atoms with van der Waals surface area (Å²) in [6, 6.07) is 0. The Morgan fingerprint density at radius 1 is 1.58 bits per heavy atom. The van der Waals surface area contributed by atoms with Crippen molar-refractivity contribution in [3.8, 4) is 0 Å². The Kier molecular flexibility index (Phi) is 5.12. The van der Waals surface area contributed by atoms with Gasteiger partial charge < -0.3 is 15.4 Å². The summed E-state index contributed by atoms with van der Waals surface area (Å²) in [6.45, 7) is 3.69. The molecular formula is C8H16N2O2. The monoisotopic (exact) mass is 172 g/mol. The van der Waals surface area contributed by atoms with E-state index in [2.05, 4.69) is 15.4 Å². The molecule has 4 nitrogen and oxygen atoms in total. The van der Waals surface area contributed by atoms with E-state index < -0.39 is 0 Å². The molecule has 0 saturated carbocycles. The zero-order valence-electron chi connectivity index (χ0n) is 7.97. The Labute approximate surface area is 73.0 Å². The van der Waals surface area contributed by atoms with Gasteiger partial charge in [0, 0.05) is 0 Å². The predicted molar refractivity (Wildman–Crippen MR) is 47.4 cm³/mol. The highest BCUT2D eigenvalue weighted by molar-refractivity contribution is 5.87. The van der Waals surface area contributed by atoms with Crippen LogP contribution >= 0.6 is 0 Å². The van der Waals surface area contributed by atoms with Gasteiger partial charge in [0.05, 0.1) is 13.3 Å². The van der Waals surface area contributed by atoms with Gasteiger partial charge in [0.15, 0.2) is 0 Å². The van der Waals surface area contributed by atoms with Crippen LogP contribution in [0.3, 0.4) is 0 Å². The molecule has 0 rings (SSSR count). The van der Waals surface area contributed by atoms with Crippen molar-refractivity contribution >= 4 is 5.97 Å². The van der Waals surface area contributed by atoms with E-state index in [0.29, 0.717) is 5.70 Å². The maximum atomic E-state index is 11.0. The van der Waals surface area contributed by atoms with Crippen molar-refractivity contribution in [2.75, 3.05) is 14.2 Å². The fraction of sp³-hybridized carbons (Fsp3) is 0.625. The quantitative estimate of drug-likeness (QED) is 0.362. The first-order valence-electron chi connectivity index (χ1n) is 3.84. The van der Waals surface area contributed by atoms with Gasteiger partial charge in [-0.1, -0.05) is 6.08 Å². The molecule has 12 heavy (non-hydrogen) atoms. The number of esters is 1. The summed E-state index contributed by atoms with van der Waals surface area (Å²) in [5.41, 5.74) is 0.472. The van der Waals surface area contributed by atoms with Gasteiger partial charge in [0.2, 0.25) is 0 Å². The lowest BCUT2D eigenvalue weighted by Gasteiger charge is -2.14. The van der Waals surface area contributed by atoms with E-state index in [-0.39, 0.29) is 12.1 Å². The molecule has 0 spiro atoms. The molecule has 0 fully saturated rings. The lowest BCUT2D eigenvalue weighted by Crippen LogP contribution is -2.38. The zero-order valence-corrected chi connectivity index (χ0v) is 7.97. The smallest absolute Gasteiger partial charge is 0.353 e. The largest absolute Gasteiger partial charge is 0.464 e. The Balaban J connectivity index is 4.10. The fourth-order valence-electron chi connectivity index (χ4n) is 0.675. The van der Waals surface area contributed by atoms with Gasteiger partial charge in [-0.25, -0.2) is 4.79 Å². The summed E-state index contributed by atoms with van der Waals surface area (Å²) in [6.07, 6.45) is 1.73. The molecule has 0 aliphatic carbocycles. The molecule has 0 radical (unpaired) electrons. The number of nitrogens with one attached hydrogen (secondary N) is 2. The molecule has 70 valence electrons. The van der Waals surface area contributed by atoms with Gasteiger partial charge in [-0.15, -0.1) is 0 Å². The third kappa shape index (κ3) is 3.39. The summed E-state index contributed by atoms with van der Waals surface area (Å²) in [4.78, 5) is 11.0. The SMILES string of the molecule is C/C=C(\NC(C)NC)C(=O)OC. The summed E-state index contributed by atoms with van der Waals surface area (Å²) >= 11 is 0. The number of hydrogen-bond acceptors (Lipinski definition) is 4. The summed E-state index contributed by atoms with van der Waals surface area (Å²) < 4.78 is 4.55. The van der Waals surface area contributed by atoms with E-state index in [0.717, 1.165) is 0 Å². The highest BCUT2D eigenvalue weighted by atomic mass is 16.5. The van der Waals surface area contributed by atoms with Gasteiger partial charge in [0.25, 0.3) is 0 Å². The van der Waals surface area contributed by atoms with Crippen LogP contribution in [0.1, 0.15) is 13.8 Å². The molecule has 4 heteroatoms. The highest BCUT2D eigenvalue weighted by Crippen LogP contribution is 1.93. The Morgan fingerprint density at radius 2 is 2.17 bits per heavy atom. The van der Waals surface area contributed by atoms with Crippen LogP contribution in [-0.4, -0.2) is 26.3 Å². The van der Waals surface area contributed by atoms with Crippen molar-refractivity contribution in [2.45, 2.75) is 20.0 Å². The number of methoxy groups -OCH3 is 1. The Bertz CT molecular complexity index is 178. The summed E-state index contributed by atoms with van der Waals surface area (Å²) in [5.74, 6) is -0.348. The molecule has 0 aliphatic heterocycles. The minimum Gasteiger partial charge on any atom is -0.464 e. The number of carbonyl (C=O) groups is 1. The maximum absolute atomic E-state index is 11.0. The third-order valence-corrected chi connectivity index (χ3v) is 1.50. The summed E-state index contributed by atoms with van der Waals surface area (Å²) in [5, 5.41) is 5.89. The molecule has 2 N–H and O–H groups in total. The minimum absolute atomic E-state index is 0.0512. The maximum Gasteiger partial charge on any atom is 0.353 e. The molecule has 0 saturated heterocycles. The molecule has 0 aromatic rings. The van der Waals surface area contributed by atoms with Crippen molar-refractivity contribution in [3.63, 3.8) is 0 Å². The number of rotatable bonds is 4. The molecule has 1 atom stereocenters. The molecule has 0 bridgehead atoms. The topological polar surface area (TPSA) is 50.4 Å². The first-order chi connectivity index (χ1) is 5.65. The van der Waals surface area contributed by atoms with E-state index in [1.54, 1.807) is 13.0 Å². The number of ether oxygens (including phenoxy) is 1. The Hall–Kier alpha value is -1.03. The number of allylic oxidation sites excluding steroid dienone is 1. The molecular weight excluding hydrogens is 156 g/mol. The first-order valence-corrected chi connectivity index (χ1v) is 3.84. The van der Waals surface area contributed by atoms with Crippen LogP contribution in [0, 0.1) is 0 Å². The van der Waals surface area contributed by atoms with Gasteiger partial charge in [-0.05, 0) is 20.9 Å². The van der Waals surface area contributed by atoms with Crippen LogP contribution in [0.2, 0.25) is 0 Å². The van der Waals surface area contributed by atoms with Gasteiger partial charge in [0.1, 0.15) is 5.70 Å². The predicted octanol–water partition coefficient (Wildman–Crippen LogP) is 0.218. The molecule has 0 aromatic carbocycles. The van der Waals surface area contributed by atoms with Crippen LogP contribution < -0.4 is 10.6 Å². The van der Waals surface area contributed by atoms with Crippen molar-refractivity contribution in [2.24, 2.45) is 0 Å². The third-order valence-electron chi connectivity index (χ3n) is 1.50. The number of hydrogen-bond donors (Lipinski definition) is 2. The van der Waals surface area contributed by atoms with Crippen molar-refractivity contribution in [1.29, 1.82) is 0 Å². The first kappa shape index (κ1) is 11.0. The van der Waals surface area contributed by atoms with Crippen LogP contribution in [0.4, 0.5) is 0 Å². The second kappa shape index (κ2) is 5.60. The fourth-order valence-corrected chi connectivity index (χ4v) is 0.675. The second-order valence-electron chi connectivity index (χ2n) is 2.35. The molecule has 1 unspecified atom stereocenters. The average Bonchev–Trinajstić information content (AvgIpc) is 2.12. The average molecular weight is 172 g/mol. The molecule has 0 aromatic heterocycles.